The van der Waals surface area contributed by atoms with Crippen LogP contribution in [-0.2, 0) is 6.42 Å². The second-order valence-corrected chi connectivity index (χ2v) is 5.19. The molecule has 0 spiro atoms. The molecule has 0 saturated carbocycles. The summed E-state index contributed by atoms with van der Waals surface area (Å²) < 4.78 is 13.1. The van der Waals surface area contributed by atoms with E-state index in [-0.39, 0.29) is 11.3 Å². The average molecular weight is 280 g/mol. The van der Waals surface area contributed by atoms with Crippen LogP contribution in [0.25, 0.3) is 0 Å². The second kappa shape index (κ2) is 5.36. The number of aromatic hydroxyl groups is 1. The molecule has 1 heterocycles. The van der Waals surface area contributed by atoms with Crippen molar-refractivity contribution in [2.75, 3.05) is 5.32 Å². The molecule has 0 aliphatic rings. The van der Waals surface area contributed by atoms with Crippen LogP contribution in [0.5, 0.6) is 5.75 Å². The molecule has 100 valence electrons. The summed E-state index contributed by atoms with van der Waals surface area (Å²) in [7, 11) is 0. The van der Waals surface area contributed by atoms with Gasteiger partial charge in [-0.05, 0) is 31.5 Å². The molecule has 2 rings (SSSR count). The van der Waals surface area contributed by atoms with Gasteiger partial charge in [0.2, 0.25) is 0 Å². The van der Waals surface area contributed by atoms with Gasteiger partial charge in [0, 0.05) is 4.88 Å². The summed E-state index contributed by atoms with van der Waals surface area (Å²) in [6.45, 7) is 3.90. The standard InChI is InChI=1S/C13H13FN2O2S/c1-3-10-7(2)19-13(15-10)16-12(18)9-6-8(14)4-5-11(9)17/h4-6,17H,3H2,1-2H3,(H,15,16,18). The third-order valence-corrected chi connectivity index (χ3v) is 3.58. The highest BCUT2D eigenvalue weighted by molar-refractivity contribution is 7.15. The topological polar surface area (TPSA) is 62.2 Å². The first-order valence-corrected chi connectivity index (χ1v) is 6.59. The molecule has 0 bridgehead atoms. The van der Waals surface area contributed by atoms with Crippen molar-refractivity contribution in [1.82, 2.24) is 4.98 Å². The minimum atomic E-state index is -0.576. The number of phenolic OH excluding ortho intramolecular Hbond substituents is 1. The van der Waals surface area contributed by atoms with E-state index in [0.717, 1.165) is 35.2 Å². The normalized spacial score (nSPS) is 10.5. The van der Waals surface area contributed by atoms with E-state index in [9.17, 15) is 14.3 Å². The highest BCUT2D eigenvalue weighted by Crippen LogP contribution is 2.24. The van der Waals surface area contributed by atoms with E-state index >= 15 is 0 Å². The number of anilines is 1. The number of carbonyl (C=O) groups excluding carboxylic acids is 1. The van der Waals surface area contributed by atoms with Crippen molar-refractivity contribution in [3.63, 3.8) is 0 Å². The van der Waals surface area contributed by atoms with Crippen molar-refractivity contribution in [2.24, 2.45) is 0 Å². The highest BCUT2D eigenvalue weighted by atomic mass is 32.1. The lowest BCUT2D eigenvalue weighted by Gasteiger charge is -2.04. The summed E-state index contributed by atoms with van der Waals surface area (Å²) in [5.41, 5.74) is 0.815. The molecular formula is C13H13FN2O2S. The van der Waals surface area contributed by atoms with Gasteiger partial charge < -0.3 is 5.11 Å². The maximum absolute atomic E-state index is 13.1. The van der Waals surface area contributed by atoms with E-state index < -0.39 is 11.7 Å². The third kappa shape index (κ3) is 2.90. The van der Waals surface area contributed by atoms with Crippen LogP contribution in [0.2, 0.25) is 0 Å². The summed E-state index contributed by atoms with van der Waals surface area (Å²) in [6, 6.07) is 3.23. The van der Waals surface area contributed by atoms with Gasteiger partial charge in [-0.1, -0.05) is 6.92 Å². The first-order chi connectivity index (χ1) is 9.01. The number of carbonyl (C=O) groups is 1. The first kappa shape index (κ1) is 13.5. The zero-order chi connectivity index (χ0) is 14.0. The van der Waals surface area contributed by atoms with E-state index in [1.54, 1.807) is 0 Å². The minimum Gasteiger partial charge on any atom is -0.507 e. The lowest BCUT2D eigenvalue weighted by molar-refractivity contribution is 0.102. The molecule has 4 nitrogen and oxygen atoms in total. The summed E-state index contributed by atoms with van der Waals surface area (Å²) >= 11 is 1.35. The second-order valence-electron chi connectivity index (χ2n) is 3.99. The number of nitrogens with zero attached hydrogens (tertiary/aromatic N) is 1. The number of hydrogen-bond donors (Lipinski definition) is 2. The molecule has 0 radical (unpaired) electrons. The molecule has 0 atom stereocenters. The SMILES string of the molecule is CCc1nc(NC(=O)c2cc(F)ccc2O)sc1C. The predicted molar refractivity (Wildman–Crippen MR) is 72.2 cm³/mol. The van der Waals surface area contributed by atoms with E-state index in [1.165, 1.54) is 11.3 Å². The lowest BCUT2D eigenvalue weighted by Crippen LogP contribution is -2.12. The Morgan fingerprint density at radius 2 is 2.26 bits per heavy atom. The summed E-state index contributed by atoms with van der Waals surface area (Å²) in [5.74, 6) is -1.41. The Kier molecular flexibility index (Phi) is 3.80. The number of hydrogen-bond acceptors (Lipinski definition) is 4. The number of rotatable bonds is 3. The highest BCUT2D eigenvalue weighted by Gasteiger charge is 2.15. The Hall–Kier alpha value is -1.95. The number of aromatic nitrogens is 1. The molecule has 1 aromatic carbocycles. The Morgan fingerprint density at radius 1 is 1.53 bits per heavy atom. The lowest BCUT2D eigenvalue weighted by atomic mass is 10.2. The molecule has 0 saturated heterocycles. The van der Waals surface area contributed by atoms with Gasteiger partial charge in [-0.2, -0.15) is 0 Å². The number of nitrogens with one attached hydrogen (secondary N) is 1. The smallest absolute Gasteiger partial charge is 0.261 e. The van der Waals surface area contributed by atoms with Crippen LogP contribution >= 0.6 is 11.3 Å². The number of phenols is 1. The van der Waals surface area contributed by atoms with Crippen LogP contribution in [0.3, 0.4) is 0 Å². The zero-order valence-corrected chi connectivity index (χ0v) is 11.3. The Morgan fingerprint density at radius 3 is 2.89 bits per heavy atom. The molecule has 1 amide bonds. The summed E-state index contributed by atoms with van der Waals surface area (Å²) in [6.07, 6.45) is 0.781. The Labute approximate surface area is 113 Å². The molecule has 2 aromatic rings. The fourth-order valence-electron chi connectivity index (χ4n) is 1.66. The van der Waals surface area contributed by atoms with E-state index in [0.29, 0.717) is 5.13 Å². The molecule has 0 unspecified atom stereocenters. The van der Waals surface area contributed by atoms with Crippen molar-refractivity contribution >= 4 is 22.4 Å². The van der Waals surface area contributed by atoms with E-state index in [4.69, 9.17) is 0 Å². The molecule has 0 aliphatic carbocycles. The number of thiazole rings is 1. The number of benzene rings is 1. The van der Waals surface area contributed by atoms with Crippen LogP contribution in [0.1, 0.15) is 27.9 Å². The molecule has 6 heteroatoms. The van der Waals surface area contributed by atoms with Crippen LogP contribution in [0.15, 0.2) is 18.2 Å². The van der Waals surface area contributed by atoms with Crippen molar-refractivity contribution in [2.45, 2.75) is 20.3 Å². The van der Waals surface area contributed by atoms with Crippen LogP contribution < -0.4 is 5.32 Å². The van der Waals surface area contributed by atoms with Crippen molar-refractivity contribution in [3.8, 4) is 5.75 Å². The van der Waals surface area contributed by atoms with Crippen LogP contribution in [-0.4, -0.2) is 16.0 Å². The van der Waals surface area contributed by atoms with Crippen molar-refractivity contribution in [3.05, 3.63) is 40.2 Å². The van der Waals surface area contributed by atoms with Gasteiger partial charge in [-0.25, -0.2) is 9.37 Å². The molecule has 0 fully saturated rings. The van der Waals surface area contributed by atoms with Gasteiger partial charge in [0.05, 0.1) is 11.3 Å². The maximum atomic E-state index is 13.1. The van der Waals surface area contributed by atoms with E-state index in [2.05, 4.69) is 10.3 Å². The van der Waals surface area contributed by atoms with Crippen LogP contribution in [0.4, 0.5) is 9.52 Å². The van der Waals surface area contributed by atoms with Crippen LogP contribution in [0, 0.1) is 12.7 Å². The number of halogens is 1. The minimum absolute atomic E-state index is 0.106. The molecular weight excluding hydrogens is 267 g/mol. The van der Waals surface area contributed by atoms with Gasteiger partial charge in [0.1, 0.15) is 11.6 Å². The molecule has 1 aromatic heterocycles. The average Bonchev–Trinajstić information content (AvgIpc) is 2.72. The molecule has 0 aliphatic heterocycles. The van der Waals surface area contributed by atoms with Gasteiger partial charge in [-0.15, -0.1) is 11.3 Å². The van der Waals surface area contributed by atoms with Gasteiger partial charge in [0.15, 0.2) is 5.13 Å². The van der Waals surface area contributed by atoms with Crippen molar-refractivity contribution < 1.29 is 14.3 Å². The predicted octanol–water partition coefficient (Wildman–Crippen LogP) is 3.11. The fourth-order valence-corrected chi connectivity index (χ4v) is 2.56. The number of aryl methyl sites for hydroxylation is 2. The first-order valence-electron chi connectivity index (χ1n) is 5.77. The number of amides is 1. The van der Waals surface area contributed by atoms with Gasteiger partial charge in [-0.3, -0.25) is 10.1 Å². The largest absolute Gasteiger partial charge is 0.507 e. The molecule has 2 N–H and O–H groups in total. The zero-order valence-electron chi connectivity index (χ0n) is 10.5. The monoisotopic (exact) mass is 280 g/mol. The van der Waals surface area contributed by atoms with Gasteiger partial charge in [0.25, 0.3) is 5.91 Å². The summed E-state index contributed by atoms with van der Waals surface area (Å²) in [5, 5.41) is 12.6. The molecule has 19 heavy (non-hydrogen) atoms. The van der Waals surface area contributed by atoms with E-state index in [1.807, 2.05) is 13.8 Å². The quantitative estimate of drug-likeness (QED) is 0.908. The van der Waals surface area contributed by atoms with Gasteiger partial charge >= 0.3 is 0 Å². The maximum Gasteiger partial charge on any atom is 0.261 e. The Bertz CT molecular complexity index is 625. The summed E-state index contributed by atoms with van der Waals surface area (Å²) in [4.78, 5) is 17.2. The Balaban J connectivity index is 2.22. The van der Waals surface area contributed by atoms with Crippen molar-refractivity contribution in [1.29, 1.82) is 0 Å². The fraction of sp³-hybridized carbons (Fsp3) is 0.231. The third-order valence-electron chi connectivity index (χ3n) is 2.65.